The fourth-order valence-corrected chi connectivity index (χ4v) is 0. The largest absolute Gasteiger partial charge is 0.478 e. The SMILES string of the molecule is C=CC(=O)O.O=C(O)C(=O)O. The molecule has 6 heteroatoms. The molecule has 0 unspecified atom stereocenters. The van der Waals surface area contributed by atoms with Crippen LogP contribution < -0.4 is 0 Å². The third-order valence-electron chi connectivity index (χ3n) is 0.358. The maximum atomic E-state index is 9.25. The molecule has 6 nitrogen and oxygen atoms in total. The first-order chi connectivity index (χ1) is 4.91. The van der Waals surface area contributed by atoms with Crippen molar-refractivity contribution in [3.63, 3.8) is 0 Å². The van der Waals surface area contributed by atoms with Crippen LogP contribution >= 0.6 is 0 Å². The molecule has 0 bridgehead atoms. The van der Waals surface area contributed by atoms with Gasteiger partial charge in [-0.3, -0.25) is 0 Å². The second kappa shape index (κ2) is 6.27. The van der Waals surface area contributed by atoms with Gasteiger partial charge in [0.15, 0.2) is 0 Å². The van der Waals surface area contributed by atoms with Crippen LogP contribution in [-0.2, 0) is 14.4 Å². The van der Waals surface area contributed by atoms with Crippen molar-refractivity contribution in [3.05, 3.63) is 12.7 Å². The van der Waals surface area contributed by atoms with Crippen LogP contribution in [0.2, 0.25) is 0 Å². The first kappa shape index (κ1) is 11.9. The van der Waals surface area contributed by atoms with E-state index >= 15 is 0 Å². The summed E-state index contributed by atoms with van der Waals surface area (Å²) in [5.74, 6) is -4.63. The Labute approximate surface area is 61.4 Å². The average molecular weight is 162 g/mol. The molecule has 0 aliphatic heterocycles. The maximum Gasteiger partial charge on any atom is 0.414 e. The second-order valence-electron chi connectivity index (χ2n) is 1.15. The summed E-state index contributed by atoms with van der Waals surface area (Å²) in [5.41, 5.74) is 0. The molecule has 0 aromatic carbocycles. The van der Waals surface area contributed by atoms with Crippen LogP contribution in [0.4, 0.5) is 0 Å². The number of carbonyl (C=O) groups is 3. The predicted molar refractivity (Wildman–Crippen MR) is 33.1 cm³/mol. The van der Waals surface area contributed by atoms with Crippen molar-refractivity contribution in [2.24, 2.45) is 0 Å². The smallest absolute Gasteiger partial charge is 0.414 e. The Morgan fingerprint density at radius 1 is 1.00 bits per heavy atom. The van der Waals surface area contributed by atoms with Crippen molar-refractivity contribution in [2.75, 3.05) is 0 Å². The molecule has 0 saturated heterocycles. The summed E-state index contributed by atoms with van der Waals surface area (Å²) in [5, 5.41) is 22.4. The number of carboxylic acids is 3. The molecule has 62 valence electrons. The number of rotatable bonds is 1. The van der Waals surface area contributed by atoms with Gasteiger partial charge in [-0.25, -0.2) is 14.4 Å². The van der Waals surface area contributed by atoms with E-state index in [1.807, 2.05) is 0 Å². The fraction of sp³-hybridized carbons (Fsp3) is 0. The van der Waals surface area contributed by atoms with Gasteiger partial charge in [-0.15, -0.1) is 0 Å². The molecule has 0 saturated carbocycles. The molecule has 0 radical (unpaired) electrons. The van der Waals surface area contributed by atoms with E-state index in [9.17, 15) is 4.79 Å². The van der Waals surface area contributed by atoms with E-state index in [1.165, 1.54) is 0 Å². The standard InChI is InChI=1S/C3H4O2.C2H2O4/c1-2-3(4)5;3-1(4)2(5)6/h2H,1H2,(H,4,5);(H,3,4)(H,5,6). The minimum absolute atomic E-state index is 0.833. The first-order valence-corrected chi connectivity index (χ1v) is 2.23. The average Bonchev–Trinajstić information content (AvgIpc) is 1.89. The third-order valence-corrected chi connectivity index (χ3v) is 0.358. The van der Waals surface area contributed by atoms with Crippen molar-refractivity contribution < 1.29 is 29.7 Å². The molecule has 0 rings (SSSR count). The zero-order valence-electron chi connectivity index (χ0n) is 5.35. The molecule has 0 aliphatic rings. The van der Waals surface area contributed by atoms with E-state index in [1.54, 1.807) is 0 Å². The highest BCUT2D eigenvalue weighted by Crippen LogP contribution is 1.56. The van der Waals surface area contributed by atoms with Gasteiger partial charge in [0.2, 0.25) is 0 Å². The molecular formula is C5H6O6. The van der Waals surface area contributed by atoms with Crippen LogP contribution in [0.1, 0.15) is 0 Å². The molecule has 0 aromatic rings. The normalized spacial score (nSPS) is 6.91. The van der Waals surface area contributed by atoms with Crippen LogP contribution in [0.15, 0.2) is 12.7 Å². The lowest BCUT2D eigenvalue weighted by Gasteiger charge is -1.72. The Hall–Kier alpha value is -1.85. The monoisotopic (exact) mass is 162 g/mol. The lowest BCUT2D eigenvalue weighted by molar-refractivity contribution is -0.159. The van der Waals surface area contributed by atoms with E-state index in [0.717, 1.165) is 6.08 Å². The van der Waals surface area contributed by atoms with Gasteiger partial charge in [0.05, 0.1) is 0 Å². The number of carboxylic acid groups (broad SMARTS) is 3. The minimum Gasteiger partial charge on any atom is -0.478 e. The number of aliphatic carboxylic acids is 3. The van der Waals surface area contributed by atoms with Gasteiger partial charge >= 0.3 is 17.9 Å². The Morgan fingerprint density at radius 3 is 1.18 bits per heavy atom. The topological polar surface area (TPSA) is 112 Å². The molecule has 0 atom stereocenters. The Kier molecular flexibility index (Phi) is 6.78. The molecule has 0 fully saturated rings. The van der Waals surface area contributed by atoms with Gasteiger partial charge in [-0.1, -0.05) is 6.58 Å². The van der Waals surface area contributed by atoms with Crippen LogP contribution in [0.5, 0.6) is 0 Å². The third kappa shape index (κ3) is 17.9. The Balaban J connectivity index is 0. The van der Waals surface area contributed by atoms with Crippen LogP contribution in [0.25, 0.3) is 0 Å². The molecule has 0 aliphatic carbocycles. The van der Waals surface area contributed by atoms with Crippen molar-refractivity contribution in [3.8, 4) is 0 Å². The number of hydrogen-bond donors (Lipinski definition) is 3. The van der Waals surface area contributed by atoms with Crippen LogP contribution in [0.3, 0.4) is 0 Å². The van der Waals surface area contributed by atoms with Gasteiger partial charge < -0.3 is 15.3 Å². The highest BCUT2D eigenvalue weighted by molar-refractivity contribution is 6.27. The molecule has 0 heterocycles. The molecule has 0 amide bonds. The highest BCUT2D eigenvalue weighted by atomic mass is 16.4. The van der Waals surface area contributed by atoms with E-state index < -0.39 is 17.9 Å². The summed E-state index contributed by atoms with van der Waals surface area (Å²) in [7, 11) is 0. The molecule has 11 heavy (non-hydrogen) atoms. The van der Waals surface area contributed by atoms with Crippen molar-refractivity contribution in [1.82, 2.24) is 0 Å². The molecule has 0 aromatic heterocycles. The summed E-state index contributed by atoms with van der Waals surface area (Å²) in [6.45, 7) is 2.96. The number of hydrogen-bond acceptors (Lipinski definition) is 3. The second-order valence-corrected chi connectivity index (χ2v) is 1.15. The summed E-state index contributed by atoms with van der Waals surface area (Å²) in [6, 6.07) is 0. The zero-order valence-corrected chi connectivity index (χ0v) is 5.35. The van der Waals surface area contributed by atoms with Crippen molar-refractivity contribution >= 4 is 17.9 Å². The fourth-order valence-electron chi connectivity index (χ4n) is 0. The Morgan fingerprint density at radius 2 is 1.18 bits per heavy atom. The van der Waals surface area contributed by atoms with Gasteiger partial charge in [0.25, 0.3) is 0 Å². The summed E-state index contributed by atoms with van der Waals surface area (Å²) < 4.78 is 0. The van der Waals surface area contributed by atoms with Crippen molar-refractivity contribution in [2.45, 2.75) is 0 Å². The molecule has 0 spiro atoms. The summed E-state index contributed by atoms with van der Waals surface area (Å²) in [4.78, 5) is 27.4. The maximum absolute atomic E-state index is 9.25. The lowest BCUT2D eigenvalue weighted by atomic mass is 10.7. The molecular weight excluding hydrogens is 156 g/mol. The van der Waals surface area contributed by atoms with Gasteiger partial charge in [-0.05, 0) is 0 Å². The van der Waals surface area contributed by atoms with Gasteiger partial charge in [0, 0.05) is 6.08 Å². The highest BCUT2D eigenvalue weighted by Gasteiger charge is 2.04. The van der Waals surface area contributed by atoms with Crippen LogP contribution in [0, 0.1) is 0 Å². The molecule has 3 N–H and O–H groups in total. The lowest BCUT2D eigenvalue weighted by Crippen LogP contribution is -2.09. The quantitative estimate of drug-likeness (QED) is 0.351. The van der Waals surface area contributed by atoms with E-state index in [4.69, 9.17) is 24.9 Å². The zero-order chi connectivity index (χ0) is 9.44. The van der Waals surface area contributed by atoms with Crippen LogP contribution in [-0.4, -0.2) is 33.2 Å². The van der Waals surface area contributed by atoms with Gasteiger partial charge in [-0.2, -0.15) is 0 Å². The summed E-state index contributed by atoms with van der Waals surface area (Å²) >= 11 is 0. The van der Waals surface area contributed by atoms with E-state index in [0.29, 0.717) is 0 Å². The minimum atomic E-state index is -1.82. The Bertz CT molecular complexity index is 169. The van der Waals surface area contributed by atoms with E-state index in [-0.39, 0.29) is 0 Å². The van der Waals surface area contributed by atoms with Gasteiger partial charge in [0.1, 0.15) is 0 Å². The summed E-state index contributed by atoms with van der Waals surface area (Å²) in [6.07, 6.45) is 0.833. The first-order valence-electron chi connectivity index (χ1n) is 2.23. The van der Waals surface area contributed by atoms with E-state index in [2.05, 4.69) is 6.58 Å². The van der Waals surface area contributed by atoms with Crippen molar-refractivity contribution in [1.29, 1.82) is 0 Å². The predicted octanol–water partition coefficient (Wildman–Crippen LogP) is -0.587.